The molecule has 0 unspecified atom stereocenters. The molecule has 0 atom stereocenters. The Morgan fingerprint density at radius 3 is 2.71 bits per heavy atom. The first-order valence-electron chi connectivity index (χ1n) is 5.84. The predicted octanol–water partition coefficient (Wildman–Crippen LogP) is 3.18. The number of amides is 1. The van der Waals surface area contributed by atoms with Crippen molar-refractivity contribution in [3.05, 3.63) is 52.2 Å². The van der Waals surface area contributed by atoms with E-state index < -0.39 is 11.0 Å². The van der Waals surface area contributed by atoms with E-state index >= 15 is 0 Å². The van der Waals surface area contributed by atoms with Crippen LogP contribution < -0.4 is 10.1 Å². The quantitative estimate of drug-likeness (QED) is 0.659. The van der Waals surface area contributed by atoms with Crippen molar-refractivity contribution >= 4 is 17.6 Å². The second-order valence-corrected chi connectivity index (χ2v) is 4.12. The SMILES string of the molecule is Cc1ccc(NC(=O)O)cc1Oc1ccc([N+](=O)[O-])nc1. The standard InChI is InChI=1S/C13H11N3O5/c1-8-2-3-9(15-13(17)18)6-11(8)21-10-4-5-12(14-7-10)16(19)20/h2-7,15H,1H3,(H,17,18). The number of carbonyl (C=O) groups is 1. The van der Waals surface area contributed by atoms with Gasteiger partial charge in [-0.2, -0.15) is 0 Å². The number of nitrogens with zero attached hydrogens (tertiary/aromatic N) is 2. The molecule has 1 aromatic carbocycles. The Morgan fingerprint density at radius 2 is 2.14 bits per heavy atom. The summed E-state index contributed by atoms with van der Waals surface area (Å²) >= 11 is 0. The number of aryl methyl sites for hydroxylation is 1. The van der Waals surface area contributed by atoms with Gasteiger partial charge < -0.3 is 20.0 Å². The van der Waals surface area contributed by atoms with E-state index in [2.05, 4.69) is 10.3 Å². The molecule has 1 heterocycles. The zero-order valence-electron chi connectivity index (χ0n) is 10.9. The number of hydrogen-bond acceptors (Lipinski definition) is 5. The molecule has 2 aromatic rings. The molecule has 21 heavy (non-hydrogen) atoms. The van der Waals surface area contributed by atoms with Crippen LogP contribution in [0.4, 0.5) is 16.3 Å². The van der Waals surface area contributed by atoms with Gasteiger partial charge in [-0.25, -0.2) is 4.79 Å². The highest BCUT2D eigenvalue weighted by Crippen LogP contribution is 2.28. The lowest BCUT2D eigenvalue weighted by atomic mass is 10.2. The molecule has 0 aliphatic carbocycles. The third-order valence-corrected chi connectivity index (χ3v) is 2.58. The topological polar surface area (TPSA) is 115 Å². The van der Waals surface area contributed by atoms with Crippen LogP contribution in [-0.4, -0.2) is 21.1 Å². The number of carboxylic acid groups (broad SMARTS) is 1. The molecule has 0 bridgehead atoms. The minimum Gasteiger partial charge on any atom is -0.465 e. The fourth-order valence-corrected chi connectivity index (χ4v) is 1.58. The predicted molar refractivity (Wildman–Crippen MR) is 73.8 cm³/mol. The van der Waals surface area contributed by atoms with E-state index in [1.165, 1.54) is 24.4 Å². The third-order valence-electron chi connectivity index (χ3n) is 2.58. The van der Waals surface area contributed by atoms with Crippen molar-refractivity contribution in [2.45, 2.75) is 6.92 Å². The van der Waals surface area contributed by atoms with Crippen LogP contribution in [0, 0.1) is 17.0 Å². The van der Waals surface area contributed by atoms with Gasteiger partial charge in [0, 0.05) is 17.8 Å². The normalized spacial score (nSPS) is 9.95. The van der Waals surface area contributed by atoms with E-state index in [0.29, 0.717) is 17.2 Å². The van der Waals surface area contributed by atoms with Gasteiger partial charge in [-0.15, -0.1) is 0 Å². The molecule has 0 aliphatic heterocycles. The lowest BCUT2D eigenvalue weighted by Gasteiger charge is -2.09. The van der Waals surface area contributed by atoms with Crippen LogP contribution >= 0.6 is 0 Å². The summed E-state index contributed by atoms with van der Waals surface area (Å²) < 4.78 is 5.55. The van der Waals surface area contributed by atoms with Gasteiger partial charge in [-0.1, -0.05) is 6.07 Å². The highest BCUT2D eigenvalue weighted by molar-refractivity contribution is 5.83. The number of aromatic nitrogens is 1. The highest BCUT2D eigenvalue weighted by atomic mass is 16.6. The Labute approximate surface area is 119 Å². The van der Waals surface area contributed by atoms with E-state index in [9.17, 15) is 14.9 Å². The second kappa shape index (κ2) is 5.87. The van der Waals surface area contributed by atoms with Crippen molar-refractivity contribution in [1.29, 1.82) is 0 Å². The van der Waals surface area contributed by atoms with Crippen LogP contribution in [0.1, 0.15) is 5.56 Å². The van der Waals surface area contributed by atoms with Crippen LogP contribution in [-0.2, 0) is 0 Å². The summed E-state index contributed by atoms with van der Waals surface area (Å²) in [6.45, 7) is 1.79. The fourth-order valence-electron chi connectivity index (χ4n) is 1.58. The molecule has 1 aromatic heterocycles. The van der Waals surface area contributed by atoms with Crippen LogP contribution in [0.15, 0.2) is 36.5 Å². The molecule has 108 valence electrons. The molecule has 0 saturated carbocycles. The Kier molecular flexibility index (Phi) is 3.98. The summed E-state index contributed by atoms with van der Waals surface area (Å²) in [5.74, 6) is 0.466. The summed E-state index contributed by atoms with van der Waals surface area (Å²) in [6.07, 6.45) is 0.0521. The highest BCUT2D eigenvalue weighted by Gasteiger charge is 2.09. The summed E-state index contributed by atoms with van der Waals surface area (Å²) in [5.41, 5.74) is 1.14. The van der Waals surface area contributed by atoms with E-state index in [0.717, 1.165) is 5.56 Å². The van der Waals surface area contributed by atoms with E-state index in [1.54, 1.807) is 19.1 Å². The maximum Gasteiger partial charge on any atom is 0.409 e. The van der Waals surface area contributed by atoms with Crippen molar-refractivity contribution < 1.29 is 19.6 Å². The second-order valence-electron chi connectivity index (χ2n) is 4.12. The van der Waals surface area contributed by atoms with Gasteiger partial charge in [0.15, 0.2) is 11.9 Å². The average molecular weight is 289 g/mol. The average Bonchev–Trinajstić information content (AvgIpc) is 2.42. The van der Waals surface area contributed by atoms with Crippen LogP contribution in [0.25, 0.3) is 0 Å². The molecule has 8 heteroatoms. The fraction of sp³-hybridized carbons (Fsp3) is 0.0769. The molecular weight excluding hydrogens is 278 g/mol. The smallest absolute Gasteiger partial charge is 0.409 e. The summed E-state index contributed by atoms with van der Waals surface area (Å²) in [7, 11) is 0. The lowest BCUT2D eigenvalue weighted by Crippen LogP contribution is -2.07. The van der Waals surface area contributed by atoms with Gasteiger partial charge in [0.05, 0.1) is 0 Å². The maximum absolute atomic E-state index is 10.6. The molecule has 2 N–H and O–H groups in total. The molecule has 0 fully saturated rings. The molecule has 0 spiro atoms. The summed E-state index contributed by atoms with van der Waals surface area (Å²) in [5, 5.41) is 21.4. The van der Waals surface area contributed by atoms with E-state index in [1.807, 2.05) is 0 Å². The zero-order chi connectivity index (χ0) is 15.4. The monoisotopic (exact) mass is 289 g/mol. The molecule has 1 amide bonds. The van der Waals surface area contributed by atoms with Crippen molar-refractivity contribution in [2.24, 2.45) is 0 Å². The van der Waals surface area contributed by atoms with Crippen LogP contribution in [0.3, 0.4) is 0 Å². The lowest BCUT2D eigenvalue weighted by molar-refractivity contribution is -0.389. The maximum atomic E-state index is 10.6. The number of pyridine rings is 1. The number of ether oxygens (including phenoxy) is 1. The van der Waals surface area contributed by atoms with Crippen LogP contribution in [0.2, 0.25) is 0 Å². The number of anilines is 1. The first kappa shape index (κ1) is 14.3. The minimum absolute atomic E-state index is 0.277. The molecule has 2 rings (SSSR count). The van der Waals surface area contributed by atoms with Crippen molar-refractivity contribution in [3.63, 3.8) is 0 Å². The number of benzene rings is 1. The Morgan fingerprint density at radius 1 is 1.38 bits per heavy atom. The third kappa shape index (κ3) is 3.66. The summed E-state index contributed by atoms with van der Waals surface area (Å²) in [4.78, 5) is 24.1. The van der Waals surface area contributed by atoms with E-state index in [4.69, 9.17) is 9.84 Å². The molecule has 0 radical (unpaired) electrons. The van der Waals surface area contributed by atoms with E-state index in [-0.39, 0.29) is 5.82 Å². The first-order chi connectivity index (χ1) is 9.95. The Hall–Kier alpha value is -3.16. The zero-order valence-corrected chi connectivity index (χ0v) is 10.9. The summed E-state index contributed by atoms with van der Waals surface area (Å²) in [6, 6.07) is 7.46. The molecule has 0 saturated heterocycles. The van der Waals surface area contributed by atoms with Gasteiger partial charge in [0.2, 0.25) is 0 Å². The van der Waals surface area contributed by atoms with Crippen molar-refractivity contribution in [2.75, 3.05) is 5.32 Å². The number of hydrogen-bond donors (Lipinski definition) is 2. The number of nitrogens with one attached hydrogen (secondary N) is 1. The van der Waals surface area contributed by atoms with Gasteiger partial charge in [-0.3, -0.25) is 5.32 Å². The first-order valence-corrected chi connectivity index (χ1v) is 5.84. The van der Waals surface area contributed by atoms with Gasteiger partial charge in [0.25, 0.3) is 0 Å². The Bertz CT molecular complexity index is 685. The minimum atomic E-state index is -1.18. The molecule has 8 nitrogen and oxygen atoms in total. The Balaban J connectivity index is 2.21. The van der Waals surface area contributed by atoms with Gasteiger partial charge in [-0.05, 0) is 34.5 Å². The molecule has 0 aliphatic rings. The van der Waals surface area contributed by atoms with Crippen molar-refractivity contribution in [3.8, 4) is 11.5 Å². The number of nitro groups is 1. The van der Waals surface area contributed by atoms with Gasteiger partial charge in [0.1, 0.15) is 5.75 Å². The van der Waals surface area contributed by atoms with Crippen molar-refractivity contribution in [1.82, 2.24) is 4.98 Å². The van der Waals surface area contributed by atoms with Gasteiger partial charge >= 0.3 is 11.9 Å². The largest absolute Gasteiger partial charge is 0.465 e. The molecular formula is C13H11N3O5. The number of rotatable bonds is 4. The van der Waals surface area contributed by atoms with Crippen LogP contribution in [0.5, 0.6) is 11.5 Å².